The Kier molecular flexibility index (Phi) is 4.74. The van der Waals surface area contributed by atoms with E-state index in [0.717, 1.165) is 0 Å². The Labute approximate surface area is 154 Å². The fourth-order valence-electron chi connectivity index (χ4n) is 3.21. The second-order valence-electron chi connectivity index (χ2n) is 6.32. The summed E-state index contributed by atoms with van der Waals surface area (Å²) in [6, 6.07) is 11.3. The van der Waals surface area contributed by atoms with Gasteiger partial charge in [-0.2, -0.15) is 0 Å². The molecular formula is C19H19FN4O3. The van der Waals surface area contributed by atoms with Crippen LogP contribution in [0.5, 0.6) is 5.75 Å². The van der Waals surface area contributed by atoms with Crippen LogP contribution in [0.25, 0.3) is 11.1 Å². The van der Waals surface area contributed by atoms with Crippen molar-refractivity contribution in [2.45, 2.75) is 12.6 Å². The van der Waals surface area contributed by atoms with Crippen molar-refractivity contribution >= 4 is 17.0 Å². The predicted molar refractivity (Wildman–Crippen MR) is 96.2 cm³/mol. The normalized spacial score (nSPS) is 19.3. The second-order valence-corrected chi connectivity index (χ2v) is 6.32. The Morgan fingerprint density at radius 3 is 3.07 bits per heavy atom. The van der Waals surface area contributed by atoms with E-state index in [-0.39, 0.29) is 30.2 Å². The first-order chi connectivity index (χ1) is 13.1. The average molecular weight is 370 g/mol. The lowest BCUT2D eigenvalue weighted by atomic mass is 9.94. The number of hydrazine groups is 1. The van der Waals surface area contributed by atoms with Crippen LogP contribution in [-0.2, 0) is 11.3 Å². The predicted octanol–water partition coefficient (Wildman–Crippen LogP) is 2.06. The van der Waals surface area contributed by atoms with Gasteiger partial charge in [-0.05, 0) is 29.8 Å². The summed E-state index contributed by atoms with van der Waals surface area (Å²) in [6.45, 7) is 0.611. The number of oxazole rings is 1. The minimum absolute atomic E-state index is 0.165. The number of rotatable bonds is 5. The zero-order chi connectivity index (χ0) is 18.8. The summed E-state index contributed by atoms with van der Waals surface area (Å²) in [4.78, 5) is 17.0. The zero-order valence-electron chi connectivity index (χ0n) is 14.7. The number of carbonyl (C=O) groups excluding carboxylic acids is 1. The number of amides is 1. The molecule has 0 bridgehead atoms. The highest BCUT2D eigenvalue weighted by atomic mass is 19.1. The van der Waals surface area contributed by atoms with Crippen LogP contribution in [0.1, 0.15) is 17.5 Å². The first-order valence-electron chi connectivity index (χ1n) is 8.59. The molecule has 2 atom stereocenters. The summed E-state index contributed by atoms with van der Waals surface area (Å²) in [5.41, 5.74) is 8.01. The van der Waals surface area contributed by atoms with Gasteiger partial charge in [0.15, 0.2) is 5.58 Å². The van der Waals surface area contributed by atoms with Gasteiger partial charge in [-0.1, -0.05) is 12.1 Å². The molecule has 1 fully saturated rings. The molecule has 0 radical (unpaired) electrons. The molecule has 3 aromatic rings. The summed E-state index contributed by atoms with van der Waals surface area (Å²) in [7, 11) is 1.58. The van der Waals surface area contributed by atoms with Gasteiger partial charge in [0, 0.05) is 12.6 Å². The van der Waals surface area contributed by atoms with Gasteiger partial charge in [0.05, 0.1) is 25.6 Å². The first-order valence-corrected chi connectivity index (χ1v) is 8.59. The van der Waals surface area contributed by atoms with Gasteiger partial charge in [-0.3, -0.25) is 10.2 Å². The number of hydrogen-bond acceptors (Lipinski definition) is 6. The van der Waals surface area contributed by atoms with Crippen LogP contribution >= 0.6 is 0 Å². The van der Waals surface area contributed by atoms with Crippen molar-refractivity contribution in [3.8, 4) is 5.75 Å². The van der Waals surface area contributed by atoms with Crippen molar-refractivity contribution in [1.82, 2.24) is 21.2 Å². The van der Waals surface area contributed by atoms with E-state index in [9.17, 15) is 9.18 Å². The van der Waals surface area contributed by atoms with Crippen LogP contribution in [0.2, 0.25) is 0 Å². The van der Waals surface area contributed by atoms with Crippen molar-refractivity contribution in [1.29, 1.82) is 0 Å². The second kappa shape index (κ2) is 7.34. The summed E-state index contributed by atoms with van der Waals surface area (Å²) < 4.78 is 24.3. The summed E-state index contributed by atoms with van der Waals surface area (Å²) in [6.07, 6.45) is 0. The highest BCUT2D eigenvalue weighted by Gasteiger charge is 2.34. The maximum Gasteiger partial charge on any atom is 0.226 e. The van der Waals surface area contributed by atoms with Gasteiger partial charge in [0.2, 0.25) is 11.8 Å². The molecule has 7 nitrogen and oxygen atoms in total. The van der Waals surface area contributed by atoms with Crippen LogP contribution in [0, 0.1) is 11.7 Å². The van der Waals surface area contributed by atoms with Crippen molar-refractivity contribution < 1.29 is 18.3 Å². The van der Waals surface area contributed by atoms with Gasteiger partial charge < -0.3 is 14.5 Å². The van der Waals surface area contributed by atoms with Crippen molar-refractivity contribution in [2.24, 2.45) is 5.92 Å². The molecule has 2 unspecified atom stereocenters. The number of halogens is 1. The van der Waals surface area contributed by atoms with Crippen LogP contribution in [-0.4, -0.2) is 24.5 Å². The molecule has 0 saturated carbocycles. The molecule has 1 aliphatic rings. The summed E-state index contributed by atoms with van der Waals surface area (Å²) >= 11 is 0. The van der Waals surface area contributed by atoms with E-state index in [4.69, 9.17) is 9.15 Å². The molecule has 4 rings (SSSR count). The lowest BCUT2D eigenvalue weighted by molar-refractivity contribution is -0.125. The Morgan fingerprint density at radius 2 is 2.26 bits per heavy atom. The number of nitrogens with one attached hydrogen (secondary N) is 3. The van der Waals surface area contributed by atoms with Gasteiger partial charge in [-0.25, -0.2) is 14.8 Å². The quantitative estimate of drug-likeness (QED) is 0.637. The Morgan fingerprint density at radius 1 is 1.37 bits per heavy atom. The van der Waals surface area contributed by atoms with E-state index < -0.39 is 0 Å². The van der Waals surface area contributed by atoms with Gasteiger partial charge in [-0.15, -0.1) is 0 Å². The van der Waals surface area contributed by atoms with Crippen molar-refractivity contribution in [3.05, 3.63) is 59.7 Å². The lowest BCUT2D eigenvalue weighted by Gasteiger charge is -2.18. The third-order valence-corrected chi connectivity index (χ3v) is 4.58. The molecule has 0 spiro atoms. The number of nitrogens with zero attached hydrogens (tertiary/aromatic N) is 1. The summed E-state index contributed by atoms with van der Waals surface area (Å²) in [5.74, 6) is 0.223. The first kappa shape index (κ1) is 17.4. The molecule has 1 aliphatic heterocycles. The molecule has 2 aromatic carbocycles. The number of fused-ring (bicyclic) bond motifs is 1. The standard InChI is InChI=1S/C19H19FN4O3/c1-26-13-5-6-16-15(8-13)23-17(27-16)10-21-19(25)14-9-22-24-18(14)11-3-2-4-12(20)7-11/h2-8,14,18,22,24H,9-10H2,1H3,(H,21,25). The molecule has 3 N–H and O–H groups in total. The molecule has 8 heteroatoms. The average Bonchev–Trinajstić information content (AvgIpc) is 3.32. The number of benzene rings is 2. The topological polar surface area (TPSA) is 88.4 Å². The Hall–Kier alpha value is -2.97. The maximum absolute atomic E-state index is 13.5. The fourth-order valence-corrected chi connectivity index (χ4v) is 3.21. The van der Waals surface area contributed by atoms with E-state index >= 15 is 0 Å². The molecule has 1 saturated heterocycles. The van der Waals surface area contributed by atoms with Crippen LogP contribution < -0.4 is 20.9 Å². The number of methoxy groups -OCH3 is 1. The number of carbonyl (C=O) groups is 1. The van der Waals surface area contributed by atoms with Gasteiger partial charge in [0.25, 0.3) is 0 Å². The van der Waals surface area contributed by atoms with Gasteiger partial charge in [0.1, 0.15) is 17.1 Å². The minimum Gasteiger partial charge on any atom is -0.497 e. The lowest BCUT2D eigenvalue weighted by Crippen LogP contribution is -2.34. The smallest absolute Gasteiger partial charge is 0.226 e. The number of hydrogen-bond donors (Lipinski definition) is 3. The van der Waals surface area contributed by atoms with E-state index in [1.165, 1.54) is 12.1 Å². The molecule has 1 aromatic heterocycles. The molecular weight excluding hydrogens is 351 g/mol. The van der Waals surface area contributed by atoms with E-state index in [2.05, 4.69) is 21.2 Å². The Bertz CT molecular complexity index is 974. The van der Waals surface area contributed by atoms with E-state index in [1.807, 2.05) is 0 Å². The van der Waals surface area contributed by atoms with Crippen LogP contribution in [0.15, 0.2) is 46.9 Å². The van der Waals surface area contributed by atoms with Crippen molar-refractivity contribution in [3.63, 3.8) is 0 Å². The van der Waals surface area contributed by atoms with E-state index in [0.29, 0.717) is 34.8 Å². The highest BCUT2D eigenvalue weighted by molar-refractivity contribution is 5.80. The number of aromatic nitrogens is 1. The number of ether oxygens (including phenoxy) is 1. The Balaban J connectivity index is 1.44. The SMILES string of the molecule is COc1ccc2oc(CNC(=O)C3CNNC3c3cccc(F)c3)nc2c1. The van der Waals surface area contributed by atoms with Crippen LogP contribution in [0.4, 0.5) is 4.39 Å². The molecule has 0 aliphatic carbocycles. The van der Waals surface area contributed by atoms with Crippen molar-refractivity contribution in [2.75, 3.05) is 13.7 Å². The van der Waals surface area contributed by atoms with Gasteiger partial charge >= 0.3 is 0 Å². The third kappa shape index (κ3) is 3.62. The maximum atomic E-state index is 13.5. The fraction of sp³-hybridized carbons (Fsp3) is 0.263. The summed E-state index contributed by atoms with van der Waals surface area (Å²) in [5, 5.41) is 2.84. The van der Waals surface area contributed by atoms with E-state index in [1.54, 1.807) is 37.4 Å². The molecule has 1 amide bonds. The monoisotopic (exact) mass is 370 g/mol. The highest BCUT2D eigenvalue weighted by Crippen LogP contribution is 2.26. The molecule has 2 heterocycles. The molecule has 27 heavy (non-hydrogen) atoms. The largest absolute Gasteiger partial charge is 0.497 e. The third-order valence-electron chi connectivity index (χ3n) is 4.58. The zero-order valence-corrected chi connectivity index (χ0v) is 14.7. The molecule has 140 valence electrons. The minimum atomic E-state index is -0.378. The van der Waals surface area contributed by atoms with Crippen LogP contribution in [0.3, 0.4) is 0 Å².